The summed E-state index contributed by atoms with van der Waals surface area (Å²) in [5.41, 5.74) is 14.0. The number of oxazole rings is 1. The standard InChI is InChI=1S/C29H32N6O3/c1-17-13-18(2)27-23(14-17)33-24(38-27)15-19-3-5-20(6-4-19)26-25-28(30)31-16-32-29(25)35(34-26)21-7-9-22(10-8-21)37-12-11-36/h3-6,13-14,16,21-22,36H,7-12,15H2,1-2H3,(H2,30,31,32)/t21-,22-. The third kappa shape index (κ3) is 4.63. The highest BCUT2D eigenvalue weighted by molar-refractivity contribution is 5.98. The molecular weight excluding hydrogens is 480 g/mol. The molecule has 0 aliphatic heterocycles. The van der Waals surface area contributed by atoms with Crippen molar-refractivity contribution in [2.75, 3.05) is 18.9 Å². The molecule has 0 bridgehead atoms. The van der Waals surface area contributed by atoms with Gasteiger partial charge in [0.1, 0.15) is 23.4 Å². The molecule has 1 aliphatic rings. The van der Waals surface area contributed by atoms with Crippen LogP contribution in [0.1, 0.15) is 54.3 Å². The Balaban J connectivity index is 1.26. The number of anilines is 1. The number of rotatable bonds is 7. The van der Waals surface area contributed by atoms with Gasteiger partial charge < -0.3 is 20.0 Å². The average molecular weight is 513 g/mol. The second-order valence-corrected chi connectivity index (χ2v) is 10.2. The Labute approximate surface area is 220 Å². The summed E-state index contributed by atoms with van der Waals surface area (Å²) in [7, 11) is 0. The summed E-state index contributed by atoms with van der Waals surface area (Å²) in [5, 5.41) is 14.8. The van der Waals surface area contributed by atoms with Gasteiger partial charge in [0.2, 0.25) is 0 Å². The van der Waals surface area contributed by atoms with Crippen molar-refractivity contribution in [2.24, 2.45) is 0 Å². The van der Waals surface area contributed by atoms with E-state index in [0.717, 1.165) is 70.2 Å². The van der Waals surface area contributed by atoms with Crippen LogP contribution in [0.2, 0.25) is 0 Å². The molecule has 3 aromatic heterocycles. The van der Waals surface area contributed by atoms with E-state index in [1.54, 1.807) is 0 Å². The summed E-state index contributed by atoms with van der Waals surface area (Å²) in [4.78, 5) is 13.5. The van der Waals surface area contributed by atoms with Crippen LogP contribution in [0.15, 0.2) is 47.1 Å². The van der Waals surface area contributed by atoms with E-state index in [9.17, 15) is 0 Å². The molecule has 1 fully saturated rings. The molecule has 0 spiro atoms. The SMILES string of the molecule is Cc1cc(C)c2oc(Cc3ccc(-c4nn([C@H]5CC[C@H](OCCO)CC5)c5ncnc(N)c45)cc3)nc2c1. The van der Waals surface area contributed by atoms with Crippen LogP contribution in [0.4, 0.5) is 5.82 Å². The minimum atomic E-state index is 0.0518. The van der Waals surface area contributed by atoms with Crippen LogP contribution in [0.25, 0.3) is 33.4 Å². The third-order valence-corrected chi connectivity index (χ3v) is 7.40. The topological polar surface area (TPSA) is 125 Å². The molecule has 38 heavy (non-hydrogen) atoms. The number of nitrogens with two attached hydrogens (primary N) is 1. The molecule has 0 atom stereocenters. The fraction of sp³-hybridized carbons (Fsp3) is 0.379. The van der Waals surface area contributed by atoms with Crippen LogP contribution < -0.4 is 5.73 Å². The molecule has 9 nitrogen and oxygen atoms in total. The smallest absolute Gasteiger partial charge is 0.199 e. The van der Waals surface area contributed by atoms with Crippen LogP contribution in [0.5, 0.6) is 0 Å². The predicted octanol–water partition coefficient (Wildman–Crippen LogP) is 4.92. The second-order valence-electron chi connectivity index (χ2n) is 10.2. The van der Waals surface area contributed by atoms with Crippen LogP contribution in [0.3, 0.4) is 0 Å². The van der Waals surface area contributed by atoms with Gasteiger partial charge >= 0.3 is 0 Å². The number of aliphatic hydroxyl groups excluding tert-OH is 1. The van der Waals surface area contributed by atoms with Gasteiger partial charge in [-0.05, 0) is 62.3 Å². The summed E-state index contributed by atoms with van der Waals surface area (Å²) >= 11 is 0. The Kier molecular flexibility index (Phi) is 6.55. The molecule has 0 saturated heterocycles. The molecule has 2 aromatic carbocycles. The average Bonchev–Trinajstić information content (AvgIpc) is 3.51. The van der Waals surface area contributed by atoms with E-state index in [4.69, 9.17) is 30.1 Å². The zero-order valence-corrected chi connectivity index (χ0v) is 21.7. The number of fused-ring (bicyclic) bond motifs is 2. The van der Waals surface area contributed by atoms with E-state index >= 15 is 0 Å². The van der Waals surface area contributed by atoms with Crippen molar-refractivity contribution in [3.8, 4) is 11.3 Å². The first-order chi connectivity index (χ1) is 18.5. The highest BCUT2D eigenvalue weighted by Crippen LogP contribution is 2.36. The number of hydrogen-bond donors (Lipinski definition) is 2. The molecule has 1 aliphatic carbocycles. The molecule has 196 valence electrons. The maximum absolute atomic E-state index is 9.05. The van der Waals surface area contributed by atoms with Gasteiger partial charge in [0, 0.05) is 12.0 Å². The fourth-order valence-corrected chi connectivity index (χ4v) is 5.58. The number of hydrogen-bond acceptors (Lipinski definition) is 8. The monoisotopic (exact) mass is 512 g/mol. The van der Waals surface area contributed by atoms with Crippen molar-refractivity contribution in [3.05, 3.63) is 65.3 Å². The molecule has 3 N–H and O–H groups in total. The number of nitrogen functional groups attached to an aromatic ring is 1. The minimum absolute atomic E-state index is 0.0518. The first-order valence-electron chi connectivity index (χ1n) is 13.2. The van der Waals surface area contributed by atoms with Gasteiger partial charge in [-0.2, -0.15) is 5.10 Å². The van der Waals surface area contributed by atoms with E-state index in [1.807, 2.05) is 4.68 Å². The molecule has 5 aromatic rings. The van der Waals surface area contributed by atoms with Gasteiger partial charge in [-0.15, -0.1) is 0 Å². The molecule has 0 amide bonds. The quantitative estimate of drug-likeness (QED) is 0.315. The maximum atomic E-state index is 9.05. The zero-order valence-electron chi connectivity index (χ0n) is 21.7. The minimum Gasteiger partial charge on any atom is -0.440 e. The molecule has 6 rings (SSSR count). The number of nitrogens with zero attached hydrogens (tertiary/aromatic N) is 5. The normalized spacial score (nSPS) is 18.0. The zero-order chi connectivity index (χ0) is 26.2. The van der Waals surface area contributed by atoms with Crippen LogP contribution in [-0.2, 0) is 11.2 Å². The summed E-state index contributed by atoms with van der Waals surface area (Å²) in [6.07, 6.45) is 5.99. The molecule has 3 heterocycles. The molecule has 1 saturated carbocycles. The Morgan fingerprint density at radius 2 is 1.87 bits per heavy atom. The predicted molar refractivity (Wildman–Crippen MR) is 146 cm³/mol. The highest BCUT2D eigenvalue weighted by atomic mass is 16.5. The number of aromatic nitrogens is 5. The Morgan fingerprint density at radius 3 is 2.63 bits per heavy atom. The Hall–Kier alpha value is -3.82. The first-order valence-corrected chi connectivity index (χ1v) is 13.2. The van der Waals surface area contributed by atoms with Gasteiger partial charge in [-0.3, -0.25) is 0 Å². The van der Waals surface area contributed by atoms with E-state index in [1.165, 1.54) is 11.9 Å². The summed E-state index contributed by atoms with van der Waals surface area (Å²) < 4.78 is 13.8. The van der Waals surface area contributed by atoms with Crippen molar-refractivity contribution in [1.82, 2.24) is 24.7 Å². The summed E-state index contributed by atoms with van der Waals surface area (Å²) in [6.45, 7) is 4.56. The summed E-state index contributed by atoms with van der Waals surface area (Å²) in [5.74, 6) is 1.13. The van der Waals surface area contributed by atoms with Crippen molar-refractivity contribution in [3.63, 3.8) is 0 Å². The number of ether oxygens (including phenoxy) is 1. The largest absolute Gasteiger partial charge is 0.440 e. The van der Waals surface area contributed by atoms with Crippen molar-refractivity contribution in [2.45, 2.75) is 58.1 Å². The van der Waals surface area contributed by atoms with Crippen molar-refractivity contribution < 1.29 is 14.3 Å². The van der Waals surface area contributed by atoms with Gasteiger partial charge in [-0.25, -0.2) is 19.6 Å². The van der Waals surface area contributed by atoms with Gasteiger partial charge in [0.25, 0.3) is 0 Å². The molecular formula is C29H32N6O3. The first kappa shape index (κ1) is 24.5. The lowest BCUT2D eigenvalue weighted by atomic mass is 9.93. The van der Waals surface area contributed by atoms with E-state index in [-0.39, 0.29) is 18.8 Å². The lowest BCUT2D eigenvalue weighted by molar-refractivity contribution is 0.00109. The Bertz CT molecular complexity index is 1580. The van der Waals surface area contributed by atoms with Gasteiger partial charge in [0.15, 0.2) is 17.1 Å². The summed E-state index contributed by atoms with van der Waals surface area (Å²) in [6, 6.07) is 12.7. The molecule has 0 unspecified atom stereocenters. The fourth-order valence-electron chi connectivity index (χ4n) is 5.58. The van der Waals surface area contributed by atoms with Crippen LogP contribution in [-0.4, -0.2) is 49.2 Å². The van der Waals surface area contributed by atoms with Crippen LogP contribution in [0, 0.1) is 13.8 Å². The van der Waals surface area contributed by atoms with E-state index in [0.29, 0.717) is 24.7 Å². The van der Waals surface area contributed by atoms with Gasteiger partial charge in [0.05, 0.1) is 30.7 Å². The maximum Gasteiger partial charge on any atom is 0.199 e. The van der Waals surface area contributed by atoms with Gasteiger partial charge in [-0.1, -0.05) is 30.3 Å². The van der Waals surface area contributed by atoms with Crippen molar-refractivity contribution in [1.29, 1.82) is 0 Å². The Morgan fingerprint density at radius 1 is 1.08 bits per heavy atom. The second kappa shape index (κ2) is 10.2. The molecule has 0 radical (unpaired) electrons. The van der Waals surface area contributed by atoms with E-state index in [2.05, 4.69) is 60.2 Å². The number of aliphatic hydroxyl groups is 1. The number of aryl methyl sites for hydroxylation is 2. The van der Waals surface area contributed by atoms with Crippen LogP contribution >= 0.6 is 0 Å². The van der Waals surface area contributed by atoms with Crippen molar-refractivity contribution >= 4 is 28.0 Å². The lowest BCUT2D eigenvalue weighted by Gasteiger charge is -2.28. The lowest BCUT2D eigenvalue weighted by Crippen LogP contribution is -2.25. The van der Waals surface area contributed by atoms with E-state index < -0.39 is 0 Å². The number of benzene rings is 2. The third-order valence-electron chi connectivity index (χ3n) is 7.40. The highest BCUT2D eigenvalue weighted by Gasteiger charge is 2.27. The molecule has 9 heteroatoms.